The molecule has 0 bridgehead atoms. The van der Waals surface area contributed by atoms with E-state index in [1.165, 1.54) is 12.1 Å². The van der Waals surface area contributed by atoms with E-state index in [1.54, 1.807) is 36.4 Å². The Bertz CT molecular complexity index is 857. The van der Waals surface area contributed by atoms with E-state index in [2.05, 4.69) is 4.72 Å². The van der Waals surface area contributed by atoms with E-state index < -0.39 is 10.0 Å². The Morgan fingerprint density at radius 2 is 1.46 bits per heavy atom. The standard InChI is InChI=1S/C19H21ClN2O3S/c20-16-7-9-17(10-8-16)21-26(24,25)18-11-5-15(6-12-18)19(23)22-13-3-1-2-4-14-22/h5-12,21H,1-4,13-14H2. The van der Waals surface area contributed by atoms with Crippen LogP contribution in [0.25, 0.3) is 0 Å². The highest BCUT2D eigenvalue weighted by molar-refractivity contribution is 7.92. The molecule has 1 amide bonds. The van der Waals surface area contributed by atoms with Crippen LogP contribution < -0.4 is 4.72 Å². The number of nitrogens with one attached hydrogen (secondary N) is 1. The molecule has 1 aliphatic rings. The highest BCUT2D eigenvalue weighted by Crippen LogP contribution is 2.20. The molecule has 3 rings (SSSR count). The molecule has 1 fully saturated rings. The summed E-state index contributed by atoms with van der Waals surface area (Å²) < 4.78 is 27.5. The van der Waals surface area contributed by atoms with Crippen LogP contribution in [0.5, 0.6) is 0 Å². The summed E-state index contributed by atoms with van der Waals surface area (Å²) in [6.45, 7) is 1.52. The fourth-order valence-electron chi connectivity index (χ4n) is 2.97. The van der Waals surface area contributed by atoms with Crippen LogP contribution in [0, 0.1) is 0 Å². The molecular weight excluding hydrogens is 372 g/mol. The third-order valence-electron chi connectivity index (χ3n) is 4.40. The molecule has 0 aliphatic carbocycles. The molecule has 5 nitrogen and oxygen atoms in total. The van der Waals surface area contributed by atoms with Gasteiger partial charge in [-0.1, -0.05) is 24.4 Å². The maximum atomic E-state index is 12.6. The van der Waals surface area contributed by atoms with Gasteiger partial charge in [-0.15, -0.1) is 0 Å². The van der Waals surface area contributed by atoms with Crippen molar-refractivity contribution in [2.75, 3.05) is 17.8 Å². The fraction of sp³-hybridized carbons (Fsp3) is 0.316. The summed E-state index contributed by atoms with van der Waals surface area (Å²) in [5.41, 5.74) is 0.941. The Morgan fingerprint density at radius 3 is 2.04 bits per heavy atom. The van der Waals surface area contributed by atoms with Gasteiger partial charge < -0.3 is 4.90 Å². The van der Waals surface area contributed by atoms with Crippen molar-refractivity contribution in [2.24, 2.45) is 0 Å². The highest BCUT2D eigenvalue weighted by atomic mass is 35.5. The molecule has 0 atom stereocenters. The molecule has 0 spiro atoms. The molecule has 0 radical (unpaired) electrons. The van der Waals surface area contributed by atoms with Crippen LogP contribution in [0.3, 0.4) is 0 Å². The predicted octanol–water partition coefficient (Wildman–Crippen LogP) is 4.16. The van der Waals surface area contributed by atoms with E-state index in [1.807, 2.05) is 4.90 Å². The second kappa shape index (κ2) is 8.10. The van der Waals surface area contributed by atoms with Crippen LogP contribution in [-0.4, -0.2) is 32.3 Å². The van der Waals surface area contributed by atoms with Crippen LogP contribution in [0.2, 0.25) is 5.02 Å². The average molecular weight is 393 g/mol. The van der Waals surface area contributed by atoms with Gasteiger partial charge in [0.15, 0.2) is 0 Å². The number of nitrogens with zero attached hydrogens (tertiary/aromatic N) is 1. The maximum Gasteiger partial charge on any atom is 0.261 e. The van der Waals surface area contributed by atoms with Crippen LogP contribution in [0.1, 0.15) is 36.0 Å². The number of halogens is 1. The molecule has 26 heavy (non-hydrogen) atoms. The van der Waals surface area contributed by atoms with E-state index in [4.69, 9.17) is 11.6 Å². The van der Waals surface area contributed by atoms with Crippen molar-refractivity contribution < 1.29 is 13.2 Å². The Labute approximate surface area is 159 Å². The number of anilines is 1. The van der Waals surface area contributed by atoms with Crippen molar-refractivity contribution in [3.05, 3.63) is 59.1 Å². The zero-order valence-corrected chi connectivity index (χ0v) is 15.9. The third-order valence-corrected chi connectivity index (χ3v) is 6.05. The van der Waals surface area contributed by atoms with Gasteiger partial charge in [0.25, 0.3) is 15.9 Å². The first-order valence-corrected chi connectivity index (χ1v) is 10.5. The number of carbonyl (C=O) groups excluding carboxylic acids is 1. The second-order valence-corrected chi connectivity index (χ2v) is 8.46. The quantitative estimate of drug-likeness (QED) is 0.849. The van der Waals surface area contributed by atoms with Gasteiger partial charge in [0, 0.05) is 29.4 Å². The molecule has 7 heteroatoms. The minimum atomic E-state index is -3.72. The Balaban J connectivity index is 1.73. The summed E-state index contributed by atoms with van der Waals surface area (Å²) in [4.78, 5) is 14.5. The number of carbonyl (C=O) groups is 1. The van der Waals surface area contributed by atoms with E-state index >= 15 is 0 Å². The van der Waals surface area contributed by atoms with Crippen molar-refractivity contribution in [1.29, 1.82) is 0 Å². The minimum absolute atomic E-state index is 0.0403. The van der Waals surface area contributed by atoms with Crippen LogP contribution in [0.4, 0.5) is 5.69 Å². The maximum absolute atomic E-state index is 12.6. The Morgan fingerprint density at radius 1 is 0.885 bits per heavy atom. The lowest BCUT2D eigenvalue weighted by atomic mass is 10.2. The number of hydrogen-bond acceptors (Lipinski definition) is 3. The molecule has 1 N–H and O–H groups in total. The lowest BCUT2D eigenvalue weighted by Gasteiger charge is -2.20. The first-order valence-electron chi connectivity index (χ1n) is 8.63. The lowest BCUT2D eigenvalue weighted by molar-refractivity contribution is 0.0761. The number of hydrogen-bond donors (Lipinski definition) is 1. The van der Waals surface area contributed by atoms with Gasteiger partial charge in [-0.05, 0) is 61.4 Å². The van der Waals surface area contributed by atoms with Crippen molar-refractivity contribution in [2.45, 2.75) is 30.6 Å². The van der Waals surface area contributed by atoms with Crippen LogP contribution in [0.15, 0.2) is 53.4 Å². The van der Waals surface area contributed by atoms with Gasteiger partial charge in [-0.2, -0.15) is 0 Å². The summed E-state index contributed by atoms with van der Waals surface area (Å²) in [6.07, 6.45) is 4.33. The monoisotopic (exact) mass is 392 g/mol. The zero-order valence-electron chi connectivity index (χ0n) is 14.3. The average Bonchev–Trinajstić information content (AvgIpc) is 2.92. The van der Waals surface area contributed by atoms with Crippen molar-refractivity contribution in [3.63, 3.8) is 0 Å². The number of likely N-dealkylation sites (tertiary alicyclic amines) is 1. The molecule has 0 aromatic heterocycles. The molecule has 0 unspecified atom stereocenters. The van der Waals surface area contributed by atoms with Crippen LogP contribution in [-0.2, 0) is 10.0 Å². The lowest BCUT2D eigenvalue weighted by Crippen LogP contribution is -2.31. The Hall–Kier alpha value is -2.05. The summed E-state index contributed by atoms with van der Waals surface area (Å²) in [5.74, 6) is -0.0403. The van der Waals surface area contributed by atoms with Gasteiger partial charge in [0.1, 0.15) is 0 Å². The smallest absolute Gasteiger partial charge is 0.261 e. The van der Waals surface area contributed by atoms with Gasteiger partial charge in [-0.25, -0.2) is 8.42 Å². The molecule has 138 valence electrons. The molecular formula is C19H21ClN2O3S. The first kappa shape index (κ1) is 18.7. The summed E-state index contributed by atoms with van der Waals surface area (Å²) >= 11 is 5.81. The zero-order chi connectivity index (χ0) is 18.6. The molecule has 2 aromatic carbocycles. The number of rotatable bonds is 4. The third kappa shape index (κ3) is 4.56. The number of sulfonamides is 1. The number of amides is 1. The summed E-state index contributed by atoms with van der Waals surface area (Å²) in [5, 5.41) is 0.532. The van der Waals surface area contributed by atoms with Crippen molar-refractivity contribution in [1.82, 2.24) is 4.90 Å². The van der Waals surface area contributed by atoms with Gasteiger partial charge in [-0.3, -0.25) is 9.52 Å². The summed E-state index contributed by atoms with van der Waals surface area (Å²) in [6, 6.07) is 12.5. The molecule has 1 heterocycles. The number of benzene rings is 2. The SMILES string of the molecule is O=C(c1ccc(S(=O)(=O)Nc2ccc(Cl)cc2)cc1)N1CCCCCC1. The second-order valence-electron chi connectivity index (χ2n) is 6.34. The molecule has 1 saturated heterocycles. The normalized spacial score (nSPS) is 15.3. The topological polar surface area (TPSA) is 66.5 Å². The predicted molar refractivity (Wildman–Crippen MR) is 103 cm³/mol. The van der Waals surface area contributed by atoms with E-state index in [-0.39, 0.29) is 10.8 Å². The Kier molecular flexibility index (Phi) is 5.84. The highest BCUT2D eigenvalue weighted by Gasteiger charge is 2.19. The van der Waals surface area contributed by atoms with Crippen molar-refractivity contribution in [3.8, 4) is 0 Å². The summed E-state index contributed by atoms with van der Waals surface area (Å²) in [7, 11) is -3.72. The molecule has 2 aromatic rings. The van der Waals surface area contributed by atoms with Gasteiger partial charge >= 0.3 is 0 Å². The van der Waals surface area contributed by atoms with Crippen LogP contribution >= 0.6 is 11.6 Å². The fourth-order valence-corrected chi connectivity index (χ4v) is 4.15. The van der Waals surface area contributed by atoms with E-state index in [9.17, 15) is 13.2 Å². The van der Waals surface area contributed by atoms with Gasteiger partial charge in [0.05, 0.1) is 4.90 Å². The first-order chi connectivity index (χ1) is 12.5. The van der Waals surface area contributed by atoms with E-state index in [0.717, 1.165) is 38.8 Å². The molecule has 0 saturated carbocycles. The molecule has 1 aliphatic heterocycles. The minimum Gasteiger partial charge on any atom is -0.339 e. The van der Waals surface area contributed by atoms with Gasteiger partial charge in [0.2, 0.25) is 0 Å². The largest absolute Gasteiger partial charge is 0.339 e. The van der Waals surface area contributed by atoms with Crippen molar-refractivity contribution >= 4 is 33.2 Å². The van der Waals surface area contributed by atoms with E-state index in [0.29, 0.717) is 16.3 Å².